The maximum atomic E-state index is 13.2. The molecular weight excluding hydrogens is 444 g/mol. The number of carbonyl (C=O) groups is 2. The van der Waals surface area contributed by atoms with Gasteiger partial charge >= 0.3 is 11.7 Å². The highest BCUT2D eigenvalue weighted by atomic mass is 32.2. The first kappa shape index (κ1) is 23.0. The van der Waals surface area contributed by atoms with Crippen molar-refractivity contribution in [3.8, 4) is 0 Å². The van der Waals surface area contributed by atoms with Crippen molar-refractivity contribution in [1.29, 1.82) is 0 Å². The lowest BCUT2D eigenvalue weighted by atomic mass is 9.82. The molecule has 3 saturated heterocycles. The van der Waals surface area contributed by atoms with E-state index in [2.05, 4.69) is 15.6 Å². The number of ketones is 1. The van der Waals surface area contributed by atoms with E-state index in [9.17, 15) is 34.5 Å². The van der Waals surface area contributed by atoms with Crippen LogP contribution in [0.2, 0.25) is 0 Å². The van der Waals surface area contributed by atoms with Gasteiger partial charge in [-0.05, 0) is 12.8 Å². The highest BCUT2D eigenvalue weighted by Crippen LogP contribution is 2.40. The lowest BCUT2D eigenvalue weighted by Gasteiger charge is -2.30. The molecule has 0 aliphatic carbocycles. The van der Waals surface area contributed by atoms with E-state index < -0.39 is 47.6 Å². The predicted octanol–water partition coefficient (Wildman–Crippen LogP) is -2.33. The van der Waals surface area contributed by atoms with E-state index in [-0.39, 0.29) is 35.3 Å². The molecule has 4 rings (SSSR count). The van der Waals surface area contributed by atoms with Crippen LogP contribution in [-0.4, -0.2) is 85.1 Å². The number of unbranched alkanes of at least 4 members (excludes halogenated alkanes) is 1. The zero-order chi connectivity index (χ0) is 23.0. The lowest BCUT2D eigenvalue weighted by Crippen LogP contribution is -2.51. The van der Waals surface area contributed by atoms with Gasteiger partial charge in [-0.25, -0.2) is 9.59 Å². The van der Waals surface area contributed by atoms with Gasteiger partial charge in [0.2, 0.25) is 0 Å². The number of aromatic nitrogens is 2. The molecule has 1 aromatic rings. The minimum Gasteiger partial charge on any atom is -0.394 e. The summed E-state index contributed by atoms with van der Waals surface area (Å²) in [6.45, 7) is -0.671. The van der Waals surface area contributed by atoms with Gasteiger partial charge in [-0.1, -0.05) is 6.42 Å². The number of thioether (sulfide) groups is 1. The molecule has 4 heterocycles. The summed E-state index contributed by atoms with van der Waals surface area (Å²) in [6, 6.07) is -0.0131. The van der Waals surface area contributed by atoms with Crippen molar-refractivity contribution >= 4 is 23.6 Å². The molecule has 13 heteroatoms. The van der Waals surface area contributed by atoms with E-state index >= 15 is 0 Å². The van der Waals surface area contributed by atoms with Crippen LogP contribution in [0.25, 0.3) is 0 Å². The quantitative estimate of drug-likeness (QED) is 0.161. The number of ether oxygens (including phenoxy) is 1. The molecule has 0 unspecified atom stereocenters. The average molecular weight is 471 g/mol. The number of amides is 2. The summed E-state index contributed by atoms with van der Waals surface area (Å²) >= 11 is 1.76. The van der Waals surface area contributed by atoms with Crippen LogP contribution in [0.3, 0.4) is 0 Å². The Labute approximate surface area is 186 Å². The first-order valence-electron chi connectivity index (χ1n) is 10.5. The van der Waals surface area contributed by atoms with Gasteiger partial charge in [0, 0.05) is 23.6 Å². The zero-order valence-electron chi connectivity index (χ0n) is 17.1. The van der Waals surface area contributed by atoms with E-state index in [0.717, 1.165) is 18.4 Å². The number of hydrogen-bond acceptors (Lipinski definition) is 9. The van der Waals surface area contributed by atoms with Crippen molar-refractivity contribution in [3.63, 3.8) is 0 Å². The Hall–Kier alpha value is -2.19. The van der Waals surface area contributed by atoms with E-state index in [4.69, 9.17) is 4.74 Å². The SMILES string of the molecule is O=C1N[C@H]2[C@H](CS[C@H]2CCCCC(=O)[C@@]2(c3c[nH]c(=O)[nH]c3=O)O[C@H](CO)[C@@H](O)[C@H]2O)N1. The van der Waals surface area contributed by atoms with Crippen LogP contribution >= 0.6 is 11.8 Å². The van der Waals surface area contributed by atoms with Crippen LogP contribution in [-0.2, 0) is 15.1 Å². The third kappa shape index (κ3) is 3.88. The summed E-state index contributed by atoms with van der Waals surface area (Å²) < 4.78 is 5.59. The Morgan fingerprint density at radius 1 is 1.22 bits per heavy atom. The summed E-state index contributed by atoms with van der Waals surface area (Å²) in [5.41, 5.74) is -4.27. The Balaban J connectivity index is 1.46. The molecule has 7 N–H and O–H groups in total. The first-order valence-corrected chi connectivity index (χ1v) is 11.5. The van der Waals surface area contributed by atoms with Crippen molar-refractivity contribution in [2.45, 2.75) is 66.9 Å². The van der Waals surface area contributed by atoms with Crippen LogP contribution in [0.4, 0.5) is 4.79 Å². The van der Waals surface area contributed by atoms with Gasteiger partial charge in [-0.15, -0.1) is 0 Å². The number of aromatic amines is 2. The summed E-state index contributed by atoms with van der Waals surface area (Å²) in [7, 11) is 0. The molecule has 1 aromatic heterocycles. The number of fused-ring (bicyclic) bond motifs is 1. The predicted molar refractivity (Wildman–Crippen MR) is 112 cm³/mol. The normalized spacial score (nSPS) is 36.0. The van der Waals surface area contributed by atoms with Gasteiger partial charge in [0.15, 0.2) is 11.4 Å². The summed E-state index contributed by atoms with van der Waals surface area (Å²) in [6.07, 6.45) is -1.90. The Kier molecular flexibility index (Phi) is 6.45. The zero-order valence-corrected chi connectivity index (χ0v) is 17.9. The molecule has 0 aromatic carbocycles. The van der Waals surface area contributed by atoms with Crippen LogP contribution in [0.15, 0.2) is 15.8 Å². The van der Waals surface area contributed by atoms with Gasteiger partial charge < -0.3 is 35.7 Å². The van der Waals surface area contributed by atoms with Crippen LogP contribution in [0, 0.1) is 0 Å². The van der Waals surface area contributed by atoms with Crippen molar-refractivity contribution < 1.29 is 29.6 Å². The standard InChI is InChI=1S/C19H26N4O8S/c24-6-10-14(26)15(27)19(31-10,8-5-20-17(29)23-16(8)28)12(25)4-2-1-3-11-13-9(7-32-11)21-18(30)22-13/h5,9-11,13-15,24,26-27H,1-4,6-7H2,(H2,21,22,30)(H2,20,23,28,29)/t9-,10+,11-,13-,14+,15+,19+/m0/s1. The van der Waals surface area contributed by atoms with Crippen molar-refractivity contribution in [2.24, 2.45) is 0 Å². The van der Waals surface area contributed by atoms with Crippen molar-refractivity contribution in [2.75, 3.05) is 12.4 Å². The molecule has 176 valence electrons. The van der Waals surface area contributed by atoms with Crippen molar-refractivity contribution in [1.82, 2.24) is 20.6 Å². The lowest BCUT2D eigenvalue weighted by molar-refractivity contribution is -0.156. The minimum absolute atomic E-state index is 0.0506. The average Bonchev–Trinajstić information content (AvgIpc) is 3.38. The van der Waals surface area contributed by atoms with E-state index in [1.165, 1.54) is 0 Å². The van der Waals surface area contributed by atoms with Gasteiger partial charge in [0.05, 0.1) is 24.3 Å². The van der Waals surface area contributed by atoms with Gasteiger partial charge in [0.25, 0.3) is 5.56 Å². The fraction of sp³-hybridized carbons (Fsp3) is 0.684. The minimum atomic E-state index is -2.21. The second-order valence-corrected chi connectivity index (χ2v) is 9.56. The largest absolute Gasteiger partial charge is 0.394 e. The van der Waals surface area contributed by atoms with Gasteiger partial charge in [0.1, 0.15) is 18.3 Å². The van der Waals surface area contributed by atoms with E-state index in [1.54, 1.807) is 11.8 Å². The third-order valence-corrected chi connectivity index (χ3v) is 7.86. The smallest absolute Gasteiger partial charge is 0.325 e. The molecule has 32 heavy (non-hydrogen) atoms. The summed E-state index contributed by atoms with van der Waals surface area (Å²) in [4.78, 5) is 52.8. The fourth-order valence-electron chi connectivity index (χ4n) is 4.72. The Morgan fingerprint density at radius 2 is 2.00 bits per heavy atom. The molecule has 0 spiro atoms. The molecular formula is C19H26N4O8S. The Morgan fingerprint density at radius 3 is 2.69 bits per heavy atom. The molecule has 12 nitrogen and oxygen atoms in total. The maximum absolute atomic E-state index is 13.2. The topological polar surface area (TPSA) is 194 Å². The maximum Gasteiger partial charge on any atom is 0.325 e. The second kappa shape index (κ2) is 8.98. The second-order valence-electron chi connectivity index (χ2n) is 8.29. The number of carbonyl (C=O) groups excluding carboxylic acids is 2. The monoisotopic (exact) mass is 470 g/mol. The van der Waals surface area contributed by atoms with E-state index in [0.29, 0.717) is 12.8 Å². The van der Waals surface area contributed by atoms with E-state index in [1.807, 2.05) is 4.98 Å². The molecule has 7 atom stereocenters. The number of aliphatic hydroxyl groups is 3. The number of aliphatic hydroxyl groups excluding tert-OH is 3. The molecule has 3 aliphatic rings. The molecule has 2 amide bonds. The highest BCUT2D eigenvalue weighted by Gasteiger charge is 2.60. The number of nitrogens with one attached hydrogen (secondary N) is 4. The van der Waals surface area contributed by atoms with Crippen LogP contribution < -0.4 is 21.9 Å². The molecule has 0 bridgehead atoms. The Bertz CT molecular complexity index is 998. The van der Waals surface area contributed by atoms with Crippen LogP contribution in [0.1, 0.15) is 31.2 Å². The fourth-order valence-corrected chi connectivity index (χ4v) is 6.26. The van der Waals surface area contributed by atoms with Gasteiger partial charge in [-0.2, -0.15) is 11.8 Å². The summed E-state index contributed by atoms with van der Waals surface area (Å²) in [5, 5.41) is 36.4. The molecule has 3 fully saturated rings. The number of rotatable bonds is 8. The number of H-pyrrole nitrogens is 2. The first-order chi connectivity index (χ1) is 15.3. The number of urea groups is 1. The van der Waals surface area contributed by atoms with Crippen molar-refractivity contribution in [3.05, 3.63) is 32.6 Å². The number of Topliss-reactive ketones (excluding diaryl/α,β-unsaturated/α-hetero) is 1. The summed E-state index contributed by atoms with van der Waals surface area (Å²) in [5.74, 6) is 0.191. The molecule has 3 aliphatic heterocycles. The molecule has 0 saturated carbocycles. The molecule has 0 radical (unpaired) electrons. The third-order valence-electron chi connectivity index (χ3n) is 6.35. The van der Waals surface area contributed by atoms with Gasteiger partial charge in [-0.3, -0.25) is 14.6 Å². The number of hydrogen-bond donors (Lipinski definition) is 7. The highest BCUT2D eigenvalue weighted by molar-refractivity contribution is 8.00. The van der Waals surface area contributed by atoms with Crippen LogP contribution in [0.5, 0.6) is 0 Å².